The number of anilines is 3. The minimum atomic E-state index is 1.09. The third kappa shape index (κ3) is 11.0. The van der Waals surface area contributed by atoms with Gasteiger partial charge in [0.15, 0.2) is 0 Å². The van der Waals surface area contributed by atoms with Crippen LogP contribution in [0, 0.1) is 6.92 Å². The predicted molar refractivity (Wildman–Crippen MR) is 263 cm³/mol. The van der Waals surface area contributed by atoms with Gasteiger partial charge in [-0.2, -0.15) is 0 Å². The van der Waals surface area contributed by atoms with Gasteiger partial charge in [0.2, 0.25) is 0 Å². The van der Waals surface area contributed by atoms with E-state index < -0.39 is 0 Å². The summed E-state index contributed by atoms with van der Waals surface area (Å²) in [5.41, 5.74) is 16.2. The van der Waals surface area contributed by atoms with Crippen LogP contribution >= 0.6 is 0 Å². The standard InChI is InChI=1S/C59H47N/c1-46-12-14-49(15-13-46)20-31-54-34-40-57(41-35-54)60(58-42-36-55(37-43-58)32-29-52-25-21-50(22-26-52)18-16-47-8-4-2-5-9-47)59-44-38-56(39-45-59)33-30-53-27-23-51(24-28-53)19-17-48-10-6-3-7-11-48/h2-45H,1H3/b18-16+,19-17+,31-20+,32-29+,33-30+. The highest BCUT2D eigenvalue weighted by atomic mass is 15.1. The van der Waals surface area contributed by atoms with Crippen molar-refractivity contribution >= 4 is 77.8 Å². The fraction of sp³-hybridized carbons (Fsp3) is 0.0169. The van der Waals surface area contributed by atoms with Crippen LogP contribution in [0.3, 0.4) is 0 Å². The van der Waals surface area contributed by atoms with Crippen molar-refractivity contribution < 1.29 is 0 Å². The monoisotopic (exact) mass is 769 g/mol. The summed E-state index contributed by atoms with van der Waals surface area (Å²) in [6.07, 6.45) is 21.6. The van der Waals surface area contributed by atoms with E-state index in [-0.39, 0.29) is 0 Å². The summed E-state index contributed by atoms with van der Waals surface area (Å²) < 4.78 is 0. The first-order valence-corrected chi connectivity index (χ1v) is 20.5. The summed E-state index contributed by atoms with van der Waals surface area (Å²) in [6, 6.07) is 73.0. The van der Waals surface area contributed by atoms with E-state index in [9.17, 15) is 0 Å². The van der Waals surface area contributed by atoms with Crippen molar-refractivity contribution in [2.24, 2.45) is 0 Å². The summed E-state index contributed by atoms with van der Waals surface area (Å²) in [5, 5.41) is 0. The average Bonchev–Trinajstić information content (AvgIpc) is 3.31. The van der Waals surface area contributed by atoms with Gasteiger partial charge < -0.3 is 4.90 Å². The van der Waals surface area contributed by atoms with Crippen LogP contribution in [0.5, 0.6) is 0 Å². The van der Waals surface area contributed by atoms with Crippen LogP contribution in [0.4, 0.5) is 17.1 Å². The molecule has 0 aliphatic heterocycles. The van der Waals surface area contributed by atoms with E-state index in [0.29, 0.717) is 0 Å². The maximum atomic E-state index is 2.32. The highest BCUT2D eigenvalue weighted by Crippen LogP contribution is 2.35. The minimum Gasteiger partial charge on any atom is -0.311 e. The second-order valence-corrected chi connectivity index (χ2v) is 14.8. The second-order valence-electron chi connectivity index (χ2n) is 14.8. The Morgan fingerprint density at radius 2 is 0.400 bits per heavy atom. The Morgan fingerprint density at radius 3 is 0.633 bits per heavy atom. The maximum Gasteiger partial charge on any atom is 0.0462 e. The van der Waals surface area contributed by atoms with Crippen molar-refractivity contribution in [2.75, 3.05) is 4.90 Å². The molecule has 0 unspecified atom stereocenters. The van der Waals surface area contributed by atoms with Gasteiger partial charge in [0.1, 0.15) is 0 Å². The molecule has 1 heteroatoms. The van der Waals surface area contributed by atoms with E-state index in [1.165, 1.54) is 33.4 Å². The zero-order chi connectivity index (χ0) is 40.8. The minimum absolute atomic E-state index is 1.09. The van der Waals surface area contributed by atoms with Crippen LogP contribution in [0.1, 0.15) is 61.2 Å². The molecule has 0 amide bonds. The fourth-order valence-electron chi connectivity index (χ4n) is 6.86. The van der Waals surface area contributed by atoms with Crippen LogP contribution in [-0.2, 0) is 0 Å². The van der Waals surface area contributed by atoms with Gasteiger partial charge in [0.25, 0.3) is 0 Å². The molecule has 0 aliphatic carbocycles. The Morgan fingerprint density at radius 1 is 0.217 bits per heavy atom. The molecule has 0 aromatic heterocycles. The summed E-state index contributed by atoms with van der Waals surface area (Å²) in [4.78, 5) is 2.32. The molecule has 8 aromatic rings. The van der Waals surface area contributed by atoms with Crippen molar-refractivity contribution in [3.05, 3.63) is 267 Å². The zero-order valence-electron chi connectivity index (χ0n) is 33.9. The van der Waals surface area contributed by atoms with Crippen LogP contribution in [0.2, 0.25) is 0 Å². The summed E-state index contributed by atoms with van der Waals surface area (Å²) in [6.45, 7) is 2.12. The van der Waals surface area contributed by atoms with Gasteiger partial charge in [-0.3, -0.25) is 0 Å². The molecule has 0 bridgehead atoms. The van der Waals surface area contributed by atoms with Gasteiger partial charge in [-0.25, -0.2) is 0 Å². The molecule has 0 saturated carbocycles. The second kappa shape index (κ2) is 19.6. The van der Waals surface area contributed by atoms with Gasteiger partial charge in [0, 0.05) is 17.1 Å². The maximum absolute atomic E-state index is 2.32. The molecule has 0 spiro atoms. The van der Waals surface area contributed by atoms with Gasteiger partial charge in [-0.05, 0) is 99.0 Å². The third-order valence-corrected chi connectivity index (χ3v) is 10.3. The molecule has 0 aliphatic rings. The van der Waals surface area contributed by atoms with Gasteiger partial charge in [-0.15, -0.1) is 0 Å². The number of nitrogens with zero attached hydrogens (tertiary/aromatic N) is 1. The van der Waals surface area contributed by atoms with Gasteiger partial charge in [-0.1, -0.05) is 236 Å². The van der Waals surface area contributed by atoms with E-state index in [1.807, 2.05) is 12.1 Å². The molecule has 8 rings (SSSR count). The van der Waals surface area contributed by atoms with Crippen molar-refractivity contribution in [3.63, 3.8) is 0 Å². The molecule has 60 heavy (non-hydrogen) atoms. The highest BCUT2D eigenvalue weighted by molar-refractivity contribution is 5.81. The lowest BCUT2D eigenvalue weighted by Crippen LogP contribution is -2.09. The molecular formula is C59H47N. The Labute approximate surface area is 355 Å². The lowest BCUT2D eigenvalue weighted by molar-refractivity contribution is 1.28. The number of rotatable bonds is 13. The number of hydrogen-bond donors (Lipinski definition) is 0. The molecule has 0 radical (unpaired) electrons. The summed E-state index contributed by atoms with van der Waals surface area (Å²) in [7, 11) is 0. The third-order valence-electron chi connectivity index (χ3n) is 10.3. The number of benzene rings is 8. The van der Waals surface area contributed by atoms with E-state index in [0.717, 1.165) is 44.9 Å². The fourth-order valence-corrected chi connectivity index (χ4v) is 6.86. The summed E-state index contributed by atoms with van der Waals surface area (Å²) >= 11 is 0. The first kappa shape index (κ1) is 39.1. The zero-order valence-corrected chi connectivity index (χ0v) is 33.9. The van der Waals surface area contributed by atoms with Crippen LogP contribution in [0.15, 0.2) is 206 Å². The molecule has 8 aromatic carbocycles. The molecule has 1 nitrogen and oxygen atoms in total. The first-order chi connectivity index (χ1) is 29.6. The Balaban J connectivity index is 0.986. The lowest BCUT2D eigenvalue weighted by atomic mass is 10.1. The predicted octanol–water partition coefficient (Wildman–Crippen LogP) is 16.3. The van der Waals surface area contributed by atoms with Gasteiger partial charge >= 0.3 is 0 Å². The van der Waals surface area contributed by atoms with Crippen molar-refractivity contribution in [1.82, 2.24) is 0 Å². The first-order valence-electron chi connectivity index (χ1n) is 20.5. The molecule has 0 N–H and O–H groups in total. The van der Waals surface area contributed by atoms with Crippen molar-refractivity contribution in [2.45, 2.75) is 6.92 Å². The molecule has 0 fully saturated rings. The van der Waals surface area contributed by atoms with E-state index in [2.05, 4.69) is 267 Å². The molecule has 0 saturated heterocycles. The molecular weight excluding hydrogens is 723 g/mol. The molecule has 0 atom stereocenters. The van der Waals surface area contributed by atoms with E-state index in [4.69, 9.17) is 0 Å². The van der Waals surface area contributed by atoms with Crippen molar-refractivity contribution in [3.8, 4) is 0 Å². The van der Waals surface area contributed by atoms with E-state index in [1.54, 1.807) is 0 Å². The van der Waals surface area contributed by atoms with Crippen LogP contribution in [0.25, 0.3) is 60.8 Å². The quantitative estimate of drug-likeness (QED) is 0.106. The Bertz CT molecular complexity index is 2570. The lowest BCUT2D eigenvalue weighted by Gasteiger charge is -2.26. The Kier molecular flexibility index (Phi) is 12.8. The van der Waals surface area contributed by atoms with Gasteiger partial charge in [0.05, 0.1) is 0 Å². The SMILES string of the molecule is Cc1ccc(/C=C/c2ccc(N(c3ccc(/C=C/c4ccc(/C=C/c5ccccc5)cc4)cc3)c3ccc(/C=C/c4ccc(/C=C/c5ccccc5)cc4)cc3)cc2)cc1. The Hall–Kier alpha value is -7.74. The van der Waals surface area contributed by atoms with Crippen LogP contribution < -0.4 is 4.90 Å². The largest absolute Gasteiger partial charge is 0.311 e. The molecule has 0 heterocycles. The smallest absolute Gasteiger partial charge is 0.0462 e. The topological polar surface area (TPSA) is 3.24 Å². The number of aryl methyl sites for hydroxylation is 1. The number of hydrogen-bond acceptors (Lipinski definition) is 1. The average molecular weight is 770 g/mol. The normalized spacial score (nSPS) is 11.8. The highest BCUT2D eigenvalue weighted by Gasteiger charge is 2.12. The summed E-state index contributed by atoms with van der Waals surface area (Å²) in [5.74, 6) is 0. The van der Waals surface area contributed by atoms with Crippen molar-refractivity contribution in [1.29, 1.82) is 0 Å². The molecule has 288 valence electrons. The van der Waals surface area contributed by atoms with Crippen LogP contribution in [-0.4, -0.2) is 0 Å². The van der Waals surface area contributed by atoms with E-state index >= 15 is 0 Å².